The summed E-state index contributed by atoms with van der Waals surface area (Å²) in [5.74, 6) is 0.989. The van der Waals surface area contributed by atoms with Gasteiger partial charge in [0.15, 0.2) is 11.5 Å². The second-order valence-corrected chi connectivity index (χ2v) is 7.98. The van der Waals surface area contributed by atoms with Crippen LogP contribution in [0.15, 0.2) is 42.5 Å². The van der Waals surface area contributed by atoms with Gasteiger partial charge in [0, 0.05) is 35.2 Å². The number of benzene rings is 2. The lowest BCUT2D eigenvalue weighted by Gasteiger charge is -2.31. The predicted octanol–water partition coefficient (Wildman–Crippen LogP) is 4.06. The number of carbonyl (C=O) groups is 1. The molecule has 154 valence electrons. The summed E-state index contributed by atoms with van der Waals surface area (Å²) in [7, 11) is 0. The van der Waals surface area contributed by atoms with E-state index in [1.807, 2.05) is 18.2 Å². The van der Waals surface area contributed by atoms with Gasteiger partial charge in [0.05, 0.1) is 0 Å². The number of fused-ring (bicyclic) bond motifs is 1. The van der Waals surface area contributed by atoms with Gasteiger partial charge < -0.3 is 14.8 Å². The Morgan fingerprint density at radius 3 is 2.77 bits per heavy atom. The van der Waals surface area contributed by atoms with Crippen LogP contribution in [0, 0.1) is 0 Å². The van der Waals surface area contributed by atoms with Gasteiger partial charge in [0.1, 0.15) is 6.54 Å². The summed E-state index contributed by atoms with van der Waals surface area (Å²) in [6.45, 7) is -0.0635. The molecule has 3 aromatic rings. The Morgan fingerprint density at radius 1 is 1.10 bits per heavy atom. The van der Waals surface area contributed by atoms with E-state index in [1.54, 1.807) is 24.3 Å². The van der Waals surface area contributed by atoms with Crippen LogP contribution in [0.3, 0.4) is 0 Å². The van der Waals surface area contributed by atoms with Crippen molar-refractivity contribution in [3.63, 3.8) is 0 Å². The number of halogens is 1. The summed E-state index contributed by atoms with van der Waals surface area (Å²) in [6.07, 6.45) is 5.17. The second kappa shape index (κ2) is 7.60. The van der Waals surface area contributed by atoms with Crippen molar-refractivity contribution in [2.75, 3.05) is 5.32 Å². The van der Waals surface area contributed by atoms with Gasteiger partial charge in [-0.3, -0.25) is 4.79 Å². The van der Waals surface area contributed by atoms with Crippen molar-refractivity contribution < 1.29 is 14.3 Å². The normalized spacial score (nSPS) is 16.6. The van der Waals surface area contributed by atoms with E-state index in [0.717, 1.165) is 37.0 Å². The summed E-state index contributed by atoms with van der Waals surface area (Å²) in [6, 6.07) is 12.6. The molecule has 0 atom stereocenters. The number of aromatic nitrogens is 4. The van der Waals surface area contributed by atoms with Crippen molar-refractivity contribution in [3.8, 4) is 22.9 Å². The molecule has 1 spiro atoms. The number of hydrogen-bond acceptors (Lipinski definition) is 6. The fourth-order valence-electron chi connectivity index (χ4n) is 3.85. The quantitative estimate of drug-likeness (QED) is 0.677. The van der Waals surface area contributed by atoms with Crippen molar-refractivity contribution in [1.29, 1.82) is 0 Å². The van der Waals surface area contributed by atoms with Gasteiger partial charge in [0.2, 0.25) is 11.7 Å². The molecule has 1 aliphatic carbocycles. The van der Waals surface area contributed by atoms with Gasteiger partial charge in [-0.2, -0.15) is 4.80 Å². The molecule has 30 heavy (non-hydrogen) atoms. The SMILES string of the molecule is O=C(Cn1nnc(-c2cccc(Cl)c2)n1)Nc1ccc2c(c1)OC1(CCCCC1)O2. The highest BCUT2D eigenvalue weighted by Crippen LogP contribution is 2.46. The number of rotatable bonds is 4. The second-order valence-electron chi connectivity index (χ2n) is 7.54. The molecule has 2 aromatic carbocycles. The van der Waals surface area contributed by atoms with Gasteiger partial charge in [-0.05, 0) is 42.3 Å². The number of ether oxygens (including phenoxy) is 2. The first-order valence-electron chi connectivity index (χ1n) is 9.94. The lowest BCUT2D eigenvalue weighted by atomic mass is 9.94. The standard InChI is InChI=1S/C21H20ClN5O3/c22-15-6-4-5-14(11-15)20-24-26-27(25-20)13-19(28)23-16-7-8-17-18(12-16)30-21(29-17)9-2-1-3-10-21/h4-8,11-12H,1-3,9-10,13H2,(H,23,28). The van der Waals surface area contributed by atoms with Crippen LogP contribution >= 0.6 is 11.6 Å². The number of anilines is 1. The third-order valence-corrected chi connectivity index (χ3v) is 5.49. The van der Waals surface area contributed by atoms with Crippen LogP contribution < -0.4 is 14.8 Å². The number of nitrogens with one attached hydrogen (secondary N) is 1. The van der Waals surface area contributed by atoms with Crippen LogP contribution in [0.5, 0.6) is 11.5 Å². The minimum Gasteiger partial charge on any atom is -0.448 e. The zero-order chi connectivity index (χ0) is 20.6. The van der Waals surface area contributed by atoms with E-state index in [4.69, 9.17) is 21.1 Å². The van der Waals surface area contributed by atoms with E-state index in [-0.39, 0.29) is 12.5 Å². The zero-order valence-electron chi connectivity index (χ0n) is 16.2. The zero-order valence-corrected chi connectivity index (χ0v) is 16.9. The van der Waals surface area contributed by atoms with Gasteiger partial charge in [0.25, 0.3) is 5.79 Å². The van der Waals surface area contributed by atoms with E-state index in [9.17, 15) is 4.79 Å². The third-order valence-electron chi connectivity index (χ3n) is 5.26. The summed E-state index contributed by atoms with van der Waals surface area (Å²) in [4.78, 5) is 13.7. The van der Waals surface area contributed by atoms with Crippen LogP contribution in [-0.2, 0) is 11.3 Å². The fourth-order valence-corrected chi connectivity index (χ4v) is 4.04. The molecule has 0 saturated heterocycles. The third kappa shape index (κ3) is 3.82. The number of tetrazole rings is 1. The Morgan fingerprint density at radius 2 is 1.93 bits per heavy atom. The first-order chi connectivity index (χ1) is 14.6. The largest absolute Gasteiger partial charge is 0.448 e. The van der Waals surface area contributed by atoms with E-state index in [1.165, 1.54) is 11.2 Å². The van der Waals surface area contributed by atoms with Gasteiger partial charge in [-0.15, -0.1) is 10.2 Å². The highest BCUT2D eigenvalue weighted by atomic mass is 35.5. The van der Waals surface area contributed by atoms with Crippen LogP contribution in [-0.4, -0.2) is 31.9 Å². The van der Waals surface area contributed by atoms with E-state index in [0.29, 0.717) is 22.3 Å². The lowest BCUT2D eigenvalue weighted by Crippen LogP contribution is -2.40. The molecule has 1 amide bonds. The Kier molecular flexibility index (Phi) is 4.78. The van der Waals surface area contributed by atoms with E-state index >= 15 is 0 Å². The molecule has 5 rings (SSSR count). The maximum absolute atomic E-state index is 12.4. The number of nitrogens with zero attached hydrogens (tertiary/aromatic N) is 4. The van der Waals surface area contributed by atoms with Crippen LogP contribution in [0.1, 0.15) is 32.1 Å². The predicted molar refractivity (Wildman–Crippen MR) is 110 cm³/mol. The molecule has 1 aliphatic heterocycles. The molecule has 1 fully saturated rings. The van der Waals surface area contributed by atoms with Crippen molar-refractivity contribution in [1.82, 2.24) is 20.2 Å². The fraction of sp³-hybridized carbons (Fsp3) is 0.333. The molecule has 2 heterocycles. The molecule has 0 radical (unpaired) electrons. The van der Waals surface area contributed by atoms with Gasteiger partial charge >= 0.3 is 0 Å². The molecular weight excluding hydrogens is 406 g/mol. The molecule has 8 nitrogen and oxygen atoms in total. The molecule has 0 unspecified atom stereocenters. The average Bonchev–Trinajstić information content (AvgIpc) is 3.32. The van der Waals surface area contributed by atoms with Crippen molar-refractivity contribution >= 4 is 23.2 Å². The van der Waals surface area contributed by atoms with Gasteiger partial charge in [-0.1, -0.05) is 30.2 Å². The smallest absolute Gasteiger partial charge is 0.251 e. The van der Waals surface area contributed by atoms with Crippen LogP contribution in [0.2, 0.25) is 5.02 Å². The highest BCUT2D eigenvalue weighted by molar-refractivity contribution is 6.30. The number of hydrogen-bond donors (Lipinski definition) is 1. The summed E-state index contributed by atoms with van der Waals surface area (Å²) in [5.41, 5.74) is 1.37. The topological polar surface area (TPSA) is 91.2 Å². The number of carbonyl (C=O) groups excluding carboxylic acids is 1. The Balaban J connectivity index is 1.23. The molecule has 2 aliphatic rings. The minimum atomic E-state index is -0.537. The van der Waals surface area contributed by atoms with E-state index in [2.05, 4.69) is 20.7 Å². The first kappa shape index (κ1) is 18.9. The minimum absolute atomic E-state index is 0.0635. The van der Waals surface area contributed by atoms with Crippen molar-refractivity contribution in [3.05, 3.63) is 47.5 Å². The van der Waals surface area contributed by atoms with Gasteiger partial charge in [-0.25, -0.2) is 0 Å². The summed E-state index contributed by atoms with van der Waals surface area (Å²) < 4.78 is 12.2. The Labute approximate surface area is 178 Å². The van der Waals surface area contributed by atoms with Crippen molar-refractivity contribution in [2.24, 2.45) is 0 Å². The monoisotopic (exact) mass is 425 g/mol. The summed E-state index contributed by atoms with van der Waals surface area (Å²) >= 11 is 6.00. The molecule has 1 aromatic heterocycles. The molecule has 1 saturated carbocycles. The number of amides is 1. The van der Waals surface area contributed by atoms with Crippen molar-refractivity contribution in [2.45, 2.75) is 44.4 Å². The summed E-state index contributed by atoms with van der Waals surface area (Å²) in [5, 5.41) is 15.6. The first-order valence-corrected chi connectivity index (χ1v) is 10.3. The highest BCUT2D eigenvalue weighted by Gasteiger charge is 2.42. The Bertz CT molecular complexity index is 1090. The molecule has 1 N–H and O–H groups in total. The molecule has 9 heteroatoms. The molecule has 0 bridgehead atoms. The van der Waals surface area contributed by atoms with E-state index < -0.39 is 5.79 Å². The van der Waals surface area contributed by atoms with Crippen LogP contribution in [0.25, 0.3) is 11.4 Å². The lowest BCUT2D eigenvalue weighted by molar-refractivity contribution is -0.117. The Hall–Kier alpha value is -3.13. The maximum Gasteiger partial charge on any atom is 0.251 e. The average molecular weight is 426 g/mol. The molecular formula is C21H20ClN5O3. The van der Waals surface area contributed by atoms with Crippen LogP contribution in [0.4, 0.5) is 5.69 Å². The maximum atomic E-state index is 12.4.